The molecular formula is C14H6ClF2NO5. The van der Waals surface area contributed by atoms with Crippen LogP contribution in [0.5, 0.6) is 0 Å². The van der Waals surface area contributed by atoms with E-state index < -0.39 is 45.1 Å². The summed E-state index contributed by atoms with van der Waals surface area (Å²) in [5, 5.41) is 19.6. The normalized spacial score (nSPS) is 10.4. The summed E-state index contributed by atoms with van der Waals surface area (Å²) in [5.41, 5.74) is -2.24. The molecule has 1 N–H and O–H groups in total. The summed E-state index contributed by atoms with van der Waals surface area (Å²) in [6.45, 7) is 0. The average Bonchev–Trinajstić information content (AvgIpc) is 2.48. The van der Waals surface area contributed by atoms with E-state index in [1.165, 1.54) is 0 Å². The zero-order valence-corrected chi connectivity index (χ0v) is 11.8. The molecule has 0 aliphatic carbocycles. The van der Waals surface area contributed by atoms with Crippen LogP contribution in [0.15, 0.2) is 30.3 Å². The van der Waals surface area contributed by atoms with Gasteiger partial charge < -0.3 is 5.11 Å². The number of carbonyl (C=O) groups excluding carboxylic acids is 1. The van der Waals surface area contributed by atoms with E-state index in [9.17, 15) is 28.5 Å². The zero-order valence-electron chi connectivity index (χ0n) is 11.0. The van der Waals surface area contributed by atoms with E-state index in [-0.39, 0.29) is 10.6 Å². The molecule has 118 valence electrons. The van der Waals surface area contributed by atoms with E-state index in [1.54, 1.807) is 0 Å². The first kappa shape index (κ1) is 16.5. The summed E-state index contributed by atoms with van der Waals surface area (Å²) >= 11 is 5.61. The van der Waals surface area contributed by atoms with Gasteiger partial charge in [-0.3, -0.25) is 14.9 Å². The van der Waals surface area contributed by atoms with Crippen molar-refractivity contribution in [3.8, 4) is 0 Å². The molecule has 0 aromatic heterocycles. The number of hydrogen-bond donors (Lipinski definition) is 1. The van der Waals surface area contributed by atoms with Crippen LogP contribution < -0.4 is 0 Å². The van der Waals surface area contributed by atoms with Crippen LogP contribution >= 0.6 is 11.6 Å². The summed E-state index contributed by atoms with van der Waals surface area (Å²) in [4.78, 5) is 33.4. The van der Waals surface area contributed by atoms with E-state index in [0.29, 0.717) is 12.1 Å². The molecule has 0 bridgehead atoms. The summed E-state index contributed by atoms with van der Waals surface area (Å²) < 4.78 is 26.5. The molecule has 0 spiro atoms. The number of carboxylic acids is 1. The topological polar surface area (TPSA) is 97.5 Å². The van der Waals surface area contributed by atoms with Gasteiger partial charge in [-0.05, 0) is 24.3 Å². The van der Waals surface area contributed by atoms with Crippen LogP contribution in [0.4, 0.5) is 14.5 Å². The predicted octanol–water partition coefficient (Wildman–Crippen LogP) is 3.46. The first-order valence-electron chi connectivity index (χ1n) is 5.93. The van der Waals surface area contributed by atoms with Gasteiger partial charge in [0.25, 0.3) is 5.69 Å². The van der Waals surface area contributed by atoms with Gasteiger partial charge in [0, 0.05) is 17.2 Å². The Bertz CT molecular complexity index is 853. The van der Waals surface area contributed by atoms with Crippen molar-refractivity contribution in [2.75, 3.05) is 0 Å². The highest BCUT2D eigenvalue weighted by Crippen LogP contribution is 2.27. The SMILES string of the molecule is O=C(O)c1cc(F)c(F)cc1C(=O)c1ccc(Cl)c([N+](=O)[O-])c1. The highest BCUT2D eigenvalue weighted by atomic mass is 35.5. The van der Waals surface area contributed by atoms with Crippen molar-refractivity contribution >= 4 is 29.0 Å². The minimum atomic E-state index is -1.64. The first-order valence-corrected chi connectivity index (χ1v) is 6.31. The van der Waals surface area contributed by atoms with Gasteiger partial charge in [0.15, 0.2) is 17.4 Å². The molecule has 9 heteroatoms. The number of hydrogen-bond acceptors (Lipinski definition) is 4. The summed E-state index contributed by atoms with van der Waals surface area (Å²) in [6, 6.07) is 3.83. The highest BCUT2D eigenvalue weighted by molar-refractivity contribution is 6.32. The Morgan fingerprint density at radius 3 is 2.17 bits per heavy atom. The fourth-order valence-corrected chi connectivity index (χ4v) is 2.05. The quantitative estimate of drug-likeness (QED) is 0.521. The van der Waals surface area contributed by atoms with Crippen LogP contribution in [0.3, 0.4) is 0 Å². The lowest BCUT2D eigenvalue weighted by molar-refractivity contribution is -0.384. The molecule has 0 aliphatic heterocycles. The smallest absolute Gasteiger partial charge is 0.336 e. The van der Waals surface area contributed by atoms with Crippen molar-refractivity contribution in [2.24, 2.45) is 0 Å². The third-order valence-corrected chi connectivity index (χ3v) is 3.26. The number of nitro groups is 1. The maximum Gasteiger partial charge on any atom is 0.336 e. The average molecular weight is 342 g/mol. The maximum atomic E-state index is 13.3. The van der Waals surface area contributed by atoms with Gasteiger partial charge in [-0.1, -0.05) is 11.6 Å². The minimum Gasteiger partial charge on any atom is -0.478 e. The second-order valence-corrected chi connectivity index (χ2v) is 4.78. The monoisotopic (exact) mass is 341 g/mol. The van der Waals surface area contributed by atoms with Gasteiger partial charge in [-0.25, -0.2) is 13.6 Å². The van der Waals surface area contributed by atoms with Crippen LogP contribution in [0.1, 0.15) is 26.3 Å². The van der Waals surface area contributed by atoms with E-state index in [0.717, 1.165) is 18.2 Å². The lowest BCUT2D eigenvalue weighted by Gasteiger charge is -2.07. The molecule has 2 aromatic rings. The number of aromatic carboxylic acids is 1. The standard InChI is InChI=1S/C14H6ClF2NO5/c15-9-2-1-6(3-12(9)18(22)23)13(19)7-4-10(16)11(17)5-8(7)14(20)21/h1-5H,(H,20,21). The Hall–Kier alpha value is -2.87. The van der Waals surface area contributed by atoms with Crippen LogP contribution in [-0.2, 0) is 0 Å². The maximum absolute atomic E-state index is 13.3. The van der Waals surface area contributed by atoms with E-state index in [1.807, 2.05) is 0 Å². The largest absolute Gasteiger partial charge is 0.478 e. The number of rotatable bonds is 4. The molecule has 6 nitrogen and oxygen atoms in total. The third-order valence-electron chi connectivity index (χ3n) is 2.94. The van der Waals surface area contributed by atoms with E-state index in [4.69, 9.17) is 16.7 Å². The van der Waals surface area contributed by atoms with Gasteiger partial charge in [-0.15, -0.1) is 0 Å². The highest BCUT2D eigenvalue weighted by Gasteiger charge is 2.23. The van der Waals surface area contributed by atoms with Crippen LogP contribution in [-0.4, -0.2) is 21.8 Å². The summed E-state index contributed by atoms with van der Waals surface area (Å²) in [6.07, 6.45) is 0. The Balaban J connectivity index is 2.62. The number of benzene rings is 2. The minimum absolute atomic E-state index is 0.227. The molecular weight excluding hydrogens is 336 g/mol. The lowest BCUT2D eigenvalue weighted by atomic mass is 9.97. The number of halogens is 3. The number of carbonyl (C=O) groups is 2. The molecule has 0 saturated carbocycles. The van der Waals surface area contributed by atoms with Crippen molar-refractivity contribution < 1.29 is 28.4 Å². The summed E-state index contributed by atoms with van der Waals surface area (Å²) in [5.74, 6) is -5.50. The predicted molar refractivity (Wildman–Crippen MR) is 74.9 cm³/mol. The third kappa shape index (κ3) is 3.16. The number of carboxylic acid groups (broad SMARTS) is 1. The fourth-order valence-electron chi connectivity index (χ4n) is 1.86. The molecule has 0 amide bonds. The van der Waals surface area contributed by atoms with E-state index in [2.05, 4.69) is 0 Å². The van der Waals surface area contributed by atoms with Crippen LogP contribution in [0.2, 0.25) is 5.02 Å². The molecule has 0 saturated heterocycles. The van der Waals surface area contributed by atoms with Gasteiger partial charge >= 0.3 is 5.97 Å². The second-order valence-electron chi connectivity index (χ2n) is 4.37. The number of ketones is 1. The molecule has 23 heavy (non-hydrogen) atoms. The molecule has 0 heterocycles. The number of nitro benzene ring substituents is 1. The second kappa shape index (κ2) is 6.09. The Kier molecular flexibility index (Phi) is 4.37. The van der Waals surface area contributed by atoms with Gasteiger partial charge in [-0.2, -0.15) is 0 Å². The lowest BCUT2D eigenvalue weighted by Crippen LogP contribution is -2.12. The molecule has 0 radical (unpaired) electrons. The Morgan fingerprint density at radius 1 is 1.09 bits per heavy atom. The van der Waals surface area contributed by atoms with Gasteiger partial charge in [0.05, 0.1) is 10.5 Å². The van der Waals surface area contributed by atoms with Gasteiger partial charge in [0.2, 0.25) is 0 Å². The van der Waals surface area contributed by atoms with E-state index >= 15 is 0 Å². The zero-order chi connectivity index (χ0) is 17.3. The molecule has 2 aromatic carbocycles. The Labute approximate surface area is 132 Å². The van der Waals surface area contributed by atoms with Crippen LogP contribution in [0, 0.1) is 21.7 Å². The molecule has 0 fully saturated rings. The molecule has 2 rings (SSSR count). The Morgan fingerprint density at radius 2 is 1.65 bits per heavy atom. The fraction of sp³-hybridized carbons (Fsp3) is 0. The molecule has 0 atom stereocenters. The first-order chi connectivity index (χ1) is 10.7. The van der Waals surface area contributed by atoms with Crippen LogP contribution in [0.25, 0.3) is 0 Å². The van der Waals surface area contributed by atoms with Crippen molar-refractivity contribution in [3.63, 3.8) is 0 Å². The molecule has 0 aliphatic rings. The molecule has 0 unspecified atom stereocenters. The van der Waals surface area contributed by atoms with Crippen molar-refractivity contribution in [1.29, 1.82) is 0 Å². The van der Waals surface area contributed by atoms with Crippen molar-refractivity contribution in [3.05, 3.63) is 73.8 Å². The van der Waals surface area contributed by atoms with Crippen molar-refractivity contribution in [2.45, 2.75) is 0 Å². The van der Waals surface area contributed by atoms with Crippen molar-refractivity contribution in [1.82, 2.24) is 0 Å². The summed E-state index contributed by atoms with van der Waals surface area (Å²) in [7, 11) is 0. The van der Waals surface area contributed by atoms with Gasteiger partial charge in [0.1, 0.15) is 5.02 Å². The number of nitrogens with zero attached hydrogens (tertiary/aromatic N) is 1.